The first-order valence-electron chi connectivity index (χ1n) is 21.2. The monoisotopic (exact) mass is 883 g/mol. The molecule has 0 radical (unpaired) electrons. The Balaban J connectivity index is 1.68. The zero-order valence-electron chi connectivity index (χ0n) is 35.1. The zero-order valence-corrected chi connectivity index (χ0v) is 35.1. The molecule has 3 saturated heterocycles. The molecule has 0 unspecified atom stereocenters. The third-order valence-electron chi connectivity index (χ3n) is 11.2. The van der Waals surface area contributed by atoms with Crippen LogP contribution in [-0.2, 0) is 42.9 Å². The predicted molar refractivity (Wildman–Crippen MR) is 209 cm³/mol. The van der Waals surface area contributed by atoms with E-state index in [9.17, 15) is 70.2 Å². The number of hydrogen-bond donors (Lipinski definition) is 13. The second-order valence-electron chi connectivity index (χ2n) is 16.2. The lowest BCUT2D eigenvalue weighted by Crippen LogP contribution is -2.70. The lowest BCUT2D eigenvalue weighted by Gasteiger charge is -2.48. The van der Waals surface area contributed by atoms with E-state index in [0.717, 1.165) is 39.5 Å². The number of aliphatic hydroxyl groups excluding tert-OH is 9. The second-order valence-corrected chi connectivity index (χ2v) is 16.2. The van der Waals surface area contributed by atoms with Gasteiger partial charge >= 0.3 is 5.97 Å². The lowest BCUT2D eigenvalue weighted by molar-refractivity contribution is -0.353. The molecule has 3 heterocycles. The molecule has 3 fully saturated rings. The highest BCUT2D eigenvalue weighted by Gasteiger charge is 2.57. The maximum absolute atomic E-state index is 13.0. The fraction of sp³-hybridized carbons (Fsp3) is 0.897. The molecule has 61 heavy (non-hydrogen) atoms. The number of carbonyl (C=O) groups is 4. The van der Waals surface area contributed by atoms with Crippen molar-refractivity contribution in [2.24, 2.45) is 0 Å². The van der Waals surface area contributed by atoms with Gasteiger partial charge in [0.15, 0.2) is 12.5 Å². The second kappa shape index (κ2) is 25.6. The number of rotatable bonds is 25. The Morgan fingerprint density at radius 1 is 0.738 bits per heavy atom. The zero-order chi connectivity index (χ0) is 45.4. The summed E-state index contributed by atoms with van der Waals surface area (Å²) in [5.74, 6) is -6.52. The number of nitrogens with one attached hydrogen (secondary N) is 3. The molecule has 0 bridgehead atoms. The Morgan fingerprint density at radius 3 is 1.85 bits per heavy atom. The van der Waals surface area contributed by atoms with E-state index in [-0.39, 0.29) is 6.42 Å². The van der Waals surface area contributed by atoms with Crippen molar-refractivity contribution < 1.29 is 93.9 Å². The van der Waals surface area contributed by atoms with Crippen LogP contribution in [0.2, 0.25) is 0 Å². The van der Waals surface area contributed by atoms with Gasteiger partial charge in [-0.1, -0.05) is 71.1 Å². The molecular weight excluding hydrogens is 814 g/mol. The summed E-state index contributed by atoms with van der Waals surface area (Å²) in [7, 11) is 0. The summed E-state index contributed by atoms with van der Waals surface area (Å²) in [4.78, 5) is 49.6. The molecule has 0 aromatic heterocycles. The molecule has 3 aliphatic rings. The van der Waals surface area contributed by atoms with Gasteiger partial charge in [-0.2, -0.15) is 0 Å². The van der Waals surface area contributed by atoms with Gasteiger partial charge in [0.2, 0.25) is 17.7 Å². The Kier molecular flexibility index (Phi) is 22.1. The first kappa shape index (κ1) is 52.7. The molecule has 3 rings (SSSR count). The summed E-state index contributed by atoms with van der Waals surface area (Å²) in [6.45, 7) is 1.58. The van der Waals surface area contributed by atoms with Crippen LogP contribution in [0.15, 0.2) is 0 Å². The quantitative estimate of drug-likeness (QED) is 0.0400. The van der Waals surface area contributed by atoms with Crippen molar-refractivity contribution in [1.29, 1.82) is 0 Å². The molecule has 3 amide bonds. The molecule has 354 valence electrons. The maximum atomic E-state index is 13.0. The van der Waals surface area contributed by atoms with Crippen molar-refractivity contribution in [2.45, 2.75) is 202 Å². The third kappa shape index (κ3) is 15.0. The Morgan fingerprint density at radius 2 is 1.31 bits per heavy atom. The molecular formula is C39H69N3O19. The molecule has 0 aromatic rings. The number of aliphatic carboxylic acids is 1. The van der Waals surface area contributed by atoms with Crippen molar-refractivity contribution in [1.82, 2.24) is 16.0 Å². The van der Waals surface area contributed by atoms with E-state index in [1.165, 1.54) is 38.5 Å². The van der Waals surface area contributed by atoms with E-state index in [0.29, 0.717) is 6.42 Å². The number of carboxylic acids is 1. The van der Waals surface area contributed by atoms with E-state index in [2.05, 4.69) is 22.9 Å². The van der Waals surface area contributed by atoms with Crippen molar-refractivity contribution in [2.75, 3.05) is 19.8 Å². The van der Waals surface area contributed by atoms with Crippen LogP contribution in [0.1, 0.15) is 104 Å². The number of amides is 3. The van der Waals surface area contributed by atoms with Crippen LogP contribution in [0.3, 0.4) is 0 Å². The summed E-state index contributed by atoms with van der Waals surface area (Å²) >= 11 is 0. The van der Waals surface area contributed by atoms with Crippen LogP contribution in [0.25, 0.3) is 0 Å². The van der Waals surface area contributed by atoms with Gasteiger partial charge in [-0.3, -0.25) is 14.4 Å². The topological polar surface area (TPSA) is 353 Å². The summed E-state index contributed by atoms with van der Waals surface area (Å²) in [6, 6.07) is -2.86. The van der Waals surface area contributed by atoms with Gasteiger partial charge in [-0.05, 0) is 6.42 Å². The molecule has 3 aliphatic heterocycles. The van der Waals surface area contributed by atoms with Crippen LogP contribution in [-0.4, -0.2) is 192 Å². The molecule has 0 aliphatic carbocycles. The summed E-state index contributed by atoms with van der Waals surface area (Å²) in [6.07, 6.45) is -12.4. The third-order valence-corrected chi connectivity index (χ3v) is 11.2. The first-order chi connectivity index (χ1) is 28.9. The van der Waals surface area contributed by atoms with Crippen molar-refractivity contribution in [3.8, 4) is 0 Å². The Labute approximate surface area is 354 Å². The molecule has 16 atom stereocenters. The van der Waals surface area contributed by atoms with Gasteiger partial charge in [0.25, 0.3) is 5.79 Å². The summed E-state index contributed by atoms with van der Waals surface area (Å²) < 4.78 is 28.5. The molecule has 0 aromatic carbocycles. The van der Waals surface area contributed by atoms with Crippen molar-refractivity contribution in [3.63, 3.8) is 0 Å². The van der Waals surface area contributed by atoms with E-state index >= 15 is 0 Å². The molecule has 22 nitrogen and oxygen atoms in total. The van der Waals surface area contributed by atoms with Gasteiger partial charge < -0.3 is 90.7 Å². The average molecular weight is 884 g/mol. The first-order valence-corrected chi connectivity index (χ1v) is 21.2. The van der Waals surface area contributed by atoms with Crippen LogP contribution in [0.5, 0.6) is 0 Å². The minimum Gasteiger partial charge on any atom is -0.477 e. The number of carboxylic acid groups (broad SMARTS) is 1. The fourth-order valence-electron chi connectivity index (χ4n) is 7.78. The molecule has 0 saturated carbocycles. The predicted octanol–water partition coefficient (Wildman–Crippen LogP) is -3.25. The number of unbranched alkanes of at least 4 members (excludes halogenated alkanes) is 10. The number of aliphatic hydroxyl groups is 9. The van der Waals surface area contributed by atoms with E-state index < -0.39 is 147 Å². The largest absolute Gasteiger partial charge is 0.477 e. The van der Waals surface area contributed by atoms with Gasteiger partial charge in [-0.15, -0.1) is 0 Å². The highest BCUT2D eigenvalue weighted by atomic mass is 16.8. The van der Waals surface area contributed by atoms with Crippen LogP contribution >= 0.6 is 0 Å². The van der Waals surface area contributed by atoms with Crippen LogP contribution in [0.4, 0.5) is 0 Å². The standard InChI is InChI=1S/C39H69N3O19/c1-4-5-6-7-8-9-10-11-12-13-14-15-26(49)42-36-28(41-21(3)46)31(52)34(24(18-44)58-36)60-37-33(54)32(53)30(51)25(59-37)19-57-39(38(55)56)16-22(47)27(40-20(2)45)35(61-39)29(50)23(48)17-43/h22-25,27-37,43-44,47-48,50-54H,4-19H2,1-3H3,(H,40,45)(H,41,46)(H,42,49)(H,55,56)/t22-,23+,24+,25+,27+,28+,29+,30-,31+,32-,33+,34+,35+,36+,37-,39+/m0/s1. The number of hydrogen-bond acceptors (Lipinski definition) is 18. The maximum Gasteiger partial charge on any atom is 0.364 e. The summed E-state index contributed by atoms with van der Waals surface area (Å²) in [5.41, 5.74) is 0. The smallest absolute Gasteiger partial charge is 0.364 e. The molecule has 13 N–H and O–H groups in total. The minimum atomic E-state index is -2.86. The highest BCUT2D eigenvalue weighted by Crippen LogP contribution is 2.35. The van der Waals surface area contributed by atoms with Crippen LogP contribution in [0, 0.1) is 0 Å². The SMILES string of the molecule is CCCCCCCCCCCCCC(=O)N[C@@H]1O[C@H](CO)[C@@H](O[C@@H]2O[C@H](CO[C@]3(C(=O)O)C[C@H](O)[C@@H](NC(C)=O)[C@H]([C@H](O)[C@H](O)CO)O3)[C@H](O)[C@H](O)[C@H]2O)[C@H](O)[C@H]1NC(C)=O. The number of ether oxygens (including phenoxy) is 5. The van der Waals surface area contributed by atoms with Crippen LogP contribution < -0.4 is 16.0 Å². The van der Waals surface area contributed by atoms with Gasteiger partial charge in [-0.25, -0.2) is 4.79 Å². The Bertz CT molecular complexity index is 1370. The van der Waals surface area contributed by atoms with Gasteiger partial charge in [0.05, 0.1) is 32.0 Å². The van der Waals surface area contributed by atoms with E-state index in [4.69, 9.17) is 23.7 Å². The lowest BCUT2D eigenvalue weighted by atomic mass is 9.88. The van der Waals surface area contributed by atoms with Crippen molar-refractivity contribution >= 4 is 23.7 Å². The Hall–Kier alpha value is -2.68. The van der Waals surface area contributed by atoms with Gasteiger partial charge in [0, 0.05) is 26.7 Å². The van der Waals surface area contributed by atoms with Gasteiger partial charge in [0.1, 0.15) is 67.1 Å². The molecule has 0 spiro atoms. The highest BCUT2D eigenvalue weighted by molar-refractivity contribution is 5.77. The number of carbonyl (C=O) groups excluding carboxylic acids is 3. The molecule has 22 heteroatoms. The van der Waals surface area contributed by atoms with E-state index in [1.807, 2.05) is 0 Å². The average Bonchev–Trinajstić information content (AvgIpc) is 3.21. The fourth-order valence-corrected chi connectivity index (χ4v) is 7.78. The van der Waals surface area contributed by atoms with E-state index in [1.54, 1.807) is 0 Å². The summed E-state index contributed by atoms with van der Waals surface area (Å²) in [5, 5.41) is 113. The minimum absolute atomic E-state index is 0.129. The van der Waals surface area contributed by atoms with Crippen molar-refractivity contribution in [3.05, 3.63) is 0 Å². The normalized spacial score (nSPS) is 35.2.